The maximum absolute atomic E-state index is 11.0. The molecule has 2 rings (SSSR count). The van der Waals surface area contributed by atoms with Crippen LogP contribution in [0.1, 0.15) is 31.3 Å². The molecule has 0 aromatic carbocycles. The van der Waals surface area contributed by atoms with Gasteiger partial charge in [-0.1, -0.05) is 0 Å². The second kappa shape index (κ2) is 3.34. The Labute approximate surface area is 91.5 Å². The molecular weight excluding hydrogens is 212 g/mol. The molecule has 0 spiro atoms. The van der Waals surface area contributed by atoms with E-state index < -0.39 is 0 Å². The number of fused-ring (bicyclic) bond motifs is 1. The molecule has 80 valence electrons. The predicted octanol–water partition coefficient (Wildman–Crippen LogP) is 2.39. The van der Waals surface area contributed by atoms with Crippen LogP contribution in [0.3, 0.4) is 0 Å². The van der Waals surface area contributed by atoms with E-state index in [1.54, 1.807) is 4.40 Å². The molecule has 2 heterocycles. The molecule has 0 atom stereocenters. The second-order valence-corrected chi connectivity index (χ2v) is 5.06. The van der Waals surface area contributed by atoms with Crippen LogP contribution in [0.25, 0.3) is 4.96 Å². The van der Waals surface area contributed by atoms with E-state index >= 15 is 0 Å². The van der Waals surface area contributed by atoms with E-state index in [-0.39, 0.29) is 5.60 Å². The molecule has 0 saturated carbocycles. The summed E-state index contributed by atoms with van der Waals surface area (Å²) in [5.74, 6) is 0.407. The van der Waals surface area contributed by atoms with Gasteiger partial charge in [-0.15, -0.1) is 11.3 Å². The fraction of sp³-hybridized carbons (Fsp3) is 0.400. The summed E-state index contributed by atoms with van der Waals surface area (Å²) >= 11 is 1.48. The lowest BCUT2D eigenvalue weighted by Gasteiger charge is -2.19. The van der Waals surface area contributed by atoms with Gasteiger partial charge in [0.1, 0.15) is 5.60 Å². The van der Waals surface area contributed by atoms with Gasteiger partial charge in [0.15, 0.2) is 16.9 Å². The monoisotopic (exact) mass is 224 g/mol. The highest BCUT2D eigenvalue weighted by Gasteiger charge is 2.19. The van der Waals surface area contributed by atoms with Crippen molar-refractivity contribution in [3.05, 3.63) is 17.3 Å². The number of carbonyl (C=O) groups excluding carboxylic acids is 1. The Kier molecular flexibility index (Phi) is 2.26. The molecule has 0 aliphatic carbocycles. The van der Waals surface area contributed by atoms with Crippen molar-refractivity contribution in [2.75, 3.05) is 0 Å². The second-order valence-electron chi connectivity index (χ2n) is 4.19. The SMILES string of the molecule is CC(C)(C)Oc1nc2sccn2c1C=O. The first-order chi connectivity index (χ1) is 7.01. The number of carbonyl (C=O) groups is 1. The lowest BCUT2D eigenvalue weighted by atomic mass is 10.2. The zero-order chi connectivity index (χ0) is 11.1. The lowest BCUT2D eigenvalue weighted by Crippen LogP contribution is -2.23. The highest BCUT2D eigenvalue weighted by atomic mass is 32.1. The van der Waals surface area contributed by atoms with Gasteiger partial charge in [0, 0.05) is 11.6 Å². The summed E-state index contributed by atoms with van der Waals surface area (Å²) in [6.45, 7) is 5.78. The fourth-order valence-corrected chi connectivity index (χ4v) is 1.97. The molecule has 4 nitrogen and oxygen atoms in total. The van der Waals surface area contributed by atoms with Crippen molar-refractivity contribution in [1.29, 1.82) is 0 Å². The number of nitrogens with zero attached hydrogens (tertiary/aromatic N) is 2. The van der Waals surface area contributed by atoms with E-state index in [1.165, 1.54) is 11.3 Å². The van der Waals surface area contributed by atoms with Gasteiger partial charge in [-0.3, -0.25) is 9.20 Å². The van der Waals surface area contributed by atoms with Gasteiger partial charge in [-0.25, -0.2) is 0 Å². The van der Waals surface area contributed by atoms with Crippen molar-refractivity contribution in [2.45, 2.75) is 26.4 Å². The van der Waals surface area contributed by atoms with E-state index in [4.69, 9.17) is 4.74 Å². The highest BCUT2D eigenvalue weighted by molar-refractivity contribution is 7.15. The van der Waals surface area contributed by atoms with Crippen LogP contribution in [0.4, 0.5) is 0 Å². The van der Waals surface area contributed by atoms with Crippen molar-refractivity contribution in [3.63, 3.8) is 0 Å². The third-order valence-electron chi connectivity index (χ3n) is 1.78. The summed E-state index contributed by atoms with van der Waals surface area (Å²) in [6, 6.07) is 0. The van der Waals surface area contributed by atoms with Crippen LogP contribution in [-0.2, 0) is 0 Å². The predicted molar refractivity (Wildman–Crippen MR) is 58.8 cm³/mol. The summed E-state index contributed by atoms with van der Waals surface area (Å²) in [6.07, 6.45) is 2.58. The number of ether oxygens (including phenoxy) is 1. The topological polar surface area (TPSA) is 43.6 Å². The minimum atomic E-state index is -0.345. The number of thiazole rings is 1. The van der Waals surface area contributed by atoms with Crippen molar-refractivity contribution >= 4 is 22.6 Å². The van der Waals surface area contributed by atoms with E-state index in [0.29, 0.717) is 11.6 Å². The van der Waals surface area contributed by atoms with Gasteiger partial charge >= 0.3 is 0 Å². The maximum atomic E-state index is 11.0. The lowest BCUT2D eigenvalue weighted by molar-refractivity contribution is 0.107. The Hall–Kier alpha value is -1.36. The maximum Gasteiger partial charge on any atom is 0.245 e. The summed E-state index contributed by atoms with van der Waals surface area (Å²) in [5.41, 5.74) is 0.128. The Balaban J connectivity index is 2.50. The summed E-state index contributed by atoms with van der Waals surface area (Å²) in [5, 5.41) is 1.89. The molecule has 0 aliphatic heterocycles. The van der Waals surface area contributed by atoms with Gasteiger partial charge in [0.2, 0.25) is 5.88 Å². The minimum absolute atomic E-state index is 0.345. The number of imidazole rings is 1. The first-order valence-electron chi connectivity index (χ1n) is 4.61. The average molecular weight is 224 g/mol. The Morgan fingerprint density at radius 3 is 2.87 bits per heavy atom. The quantitative estimate of drug-likeness (QED) is 0.736. The zero-order valence-corrected chi connectivity index (χ0v) is 9.67. The van der Waals surface area contributed by atoms with Gasteiger partial charge in [-0.05, 0) is 20.8 Å². The molecule has 0 N–H and O–H groups in total. The number of hydrogen-bond acceptors (Lipinski definition) is 4. The molecule has 0 saturated heterocycles. The summed E-state index contributed by atoms with van der Waals surface area (Å²) < 4.78 is 7.35. The van der Waals surface area contributed by atoms with Crippen LogP contribution in [0, 0.1) is 0 Å². The third-order valence-corrected chi connectivity index (χ3v) is 2.54. The third kappa shape index (κ3) is 1.87. The molecule has 15 heavy (non-hydrogen) atoms. The average Bonchev–Trinajstić information content (AvgIpc) is 2.60. The van der Waals surface area contributed by atoms with Crippen molar-refractivity contribution in [2.24, 2.45) is 0 Å². The van der Waals surface area contributed by atoms with Crippen LogP contribution in [0.15, 0.2) is 11.6 Å². The normalized spacial score (nSPS) is 11.9. The Morgan fingerprint density at radius 1 is 1.53 bits per heavy atom. The molecule has 0 unspecified atom stereocenters. The van der Waals surface area contributed by atoms with Crippen molar-refractivity contribution in [3.8, 4) is 5.88 Å². The molecule has 0 aliphatic rings. The molecule has 0 amide bonds. The fourth-order valence-electron chi connectivity index (χ4n) is 1.26. The van der Waals surface area contributed by atoms with Gasteiger partial charge in [0.05, 0.1) is 0 Å². The van der Waals surface area contributed by atoms with E-state index in [0.717, 1.165) is 11.2 Å². The van der Waals surface area contributed by atoms with Crippen LogP contribution < -0.4 is 4.74 Å². The van der Waals surface area contributed by atoms with Gasteiger partial charge in [0.25, 0.3) is 0 Å². The highest BCUT2D eigenvalue weighted by Crippen LogP contribution is 2.24. The van der Waals surface area contributed by atoms with E-state index in [9.17, 15) is 4.79 Å². The van der Waals surface area contributed by atoms with Crippen molar-refractivity contribution in [1.82, 2.24) is 9.38 Å². The number of hydrogen-bond donors (Lipinski definition) is 0. The molecule has 2 aromatic rings. The van der Waals surface area contributed by atoms with Crippen LogP contribution in [-0.4, -0.2) is 21.3 Å². The number of rotatable bonds is 2. The Morgan fingerprint density at radius 2 is 2.27 bits per heavy atom. The largest absolute Gasteiger partial charge is 0.470 e. The molecule has 2 aromatic heterocycles. The molecule has 0 fully saturated rings. The standard InChI is InChI=1S/C10H12N2O2S/c1-10(2,3)14-8-7(6-13)12-4-5-15-9(12)11-8/h4-6H,1-3H3. The van der Waals surface area contributed by atoms with E-state index in [2.05, 4.69) is 4.98 Å². The first kappa shape index (κ1) is 10.2. The zero-order valence-electron chi connectivity index (χ0n) is 8.85. The first-order valence-corrected chi connectivity index (χ1v) is 5.49. The molecular formula is C10H12N2O2S. The molecule has 0 bridgehead atoms. The van der Waals surface area contributed by atoms with Gasteiger partial charge < -0.3 is 4.74 Å². The summed E-state index contributed by atoms with van der Waals surface area (Å²) in [4.78, 5) is 16.0. The summed E-state index contributed by atoms with van der Waals surface area (Å²) in [7, 11) is 0. The van der Waals surface area contributed by atoms with Crippen molar-refractivity contribution < 1.29 is 9.53 Å². The Bertz CT molecular complexity index is 493. The molecule has 0 radical (unpaired) electrons. The van der Waals surface area contributed by atoms with Crippen LogP contribution in [0.5, 0.6) is 5.88 Å². The minimum Gasteiger partial charge on any atom is -0.470 e. The van der Waals surface area contributed by atoms with E-state index in [1.807, 2.05) is 32.3 Å². The van der Waals surface area contributed by atoms with Crippen LogP contribution in [0.2, 0.25) is 0 Å². The number of aromatic nitrogens is 2. The smallest absolute Gasteiger partial charge is 0.245 e. The number of aldehydes is 1. The van der Waals surface area contributed by atoms with Gasteiger partial charge in [-0.2, -0.15) is 4.98 Å². The van der Waals surface area contributed by atoms with Crippen LogP contribution >= 0.6 is 11.3 Å². The molecule has 5 heteroatoms.